The Morgan fingerprint density at radius 1 is 1.29 bits per heavy atom. The highest BCUT2D eigenvalue weighted by Gasteiger charge is 2.28. The lowest BCUT2D eigenvalue weighted by atomic mass is 9.92. The van der Waals surface area contributed by atoms with Gasteiger partial charge >= 0.3 is 0 Å². The van der Waals surface area contributed by atoms with Gasteiger partial charge in [0.2, 0.25) is 5.91 Å². The summed E-state index contributed by atoms with van der Waals surface area (Å²) in [6, 6.07) is 12.0. The van der Waals surface area contributed by atoms with Crippen molar-refractivity contribution in [1.29, 1.82) is 0 Å². The van der Waals surface area contributed by atoms with Crippen molar-refractivity contribution >= 4 is 17.3 Å². The van der Waals surface area contributed by atoms with E-state index in [9.17, 15) is 4.79 Å². The molecule has 1 unspecified atom stereocenters. The molecule has 3 rings (SSSR count). The lowest BCUT2D eigenvalue weighted by Crippen LogP contribution is -2.41. The summed E-state index contributed by atoms with van der Waals surface area (Å²) in [6.45, 7) is 3.36. The number of aromatic nitrogens is 1. The van der Waals surface area contributed by atoms with Gasteiger partial charge in [0.05, 0.1) is 5.92 Å². The van der Waals surface area contributed by atoms with Crippen molar-refractivity contribution < 1.29 is 4.79 Å². The molecule has 1 aromatic heterocycles. The zero-order chi connectivity index (χ0) is 14.7. The average molecular weight is 281 g/mol. The fraction of sp³-hybridized carbons (Fsp3) is 0.294. The maximum absolute atomic E-state index is 12.8. The second-order valence-corrected chi connectivity index (χ2v) is 5.23. The Labute approximate surface area is 124 Å². The van der Waals surface area contributed by atoms with Crippen molar-refractivity contribution in [3.8, 4) is 0 Å². The Balaban J connectivity index is 1.79. The van der Waals surface area contributed by atoms with E-state index >= 15 is 0 Å². The standard InChI is InChI=1S/C17H19N3O/c1-2-20(15-7-9-18-10-8-15)17(21)14-11-13-5-3-4-6-16(13)19-12-14/h3-10,14,19H,2,11-12H2,1H3. The van der Waals surface area contributed by atoms with E-state index in [1.54, 1.807) is 12.4 Å². The number of fused-ring (bicyclic) bond motifs is 1. The highest BCUT2D eigenvalue weighted by Crippen LogP contribution is 2.26. The van der Waals surface area contributed by atoms with Crippen LogP contribution in [0.5, 0.6) is 0 Å². The van der Waals surface area contributed by atoms with Crippen LogP contribution in [0.15, 0.2) is 48.8 Å². The van der Waals surface area contributed by atoms with Crippen LogP contribution in [0.1, 0.15) is 12.5 Å². The van der Waals surface area contributed by atoms with Crippen LogP contribution in [-0.4, -0.2) is 24.0 Å². The summed E-state index contributed by atoms with van der Waals surface area (Å²) in [6.07, 6.45) is 4.24. The summed E-state index contributed by atoms with van der Waals surface area (Å²) < 4.78 is 0. The number of benzene rings is 1. The smallest absolute Gasteiger partial charge is 0.232 e. The van der Waals surface area contributed by atoms with Gasteiger partial charge in [-0.15, -0.1) is 0 Å². The predicted octanol–water partition coefficient (Wildman–Crippen LogP) is 2.72. The van der Waals surface area contributed by atoms with Gasteiger partial charge in [-0.1, -0.05) is 18.2 Å². The van der Waals surface area contributed by atoms with Crippen molar-refractivity contribution in [2.45, 2.75) is 13.3 Å². The number of amides is 1. The van der Waals surface area contributed by atoms with Crippen LogP contribution < -0.4 is 10.2 Å². The summed E-state index contributed by atoms with van der Waals surface area (Å²) >= 11 is 0. The van der Waals surface area contributed by atoms with Gasteiger partial charge in [0.25, 0.3) is 0 Å². The number of hydrogen-bond acceptors (Lipinski definition) is 3. The molecule has 0 bridgehead atoms. The molecule has 2 heterocycles. The fourth-order valence-corrected chi connectivity index (χ4v) is 2.83. The Hall–Kier alpha value is -2.36. The lowest BCUT2D eigenvalue weighted by molar-refractivity contribution is -0.122. The third-order valence-corrected chi connectivity index (χ3v) is 3.93. The molecule has 0 aliphatic carbocycles. The summed E-state index contributed by atoms with van der Waals surface area (Å²) in [5.74, 6) is 0.152. The molecule has 1 amide bonds. The molecule has 0 fully saturated rings. The lowest BCUT2D eigenvalue weighted by Gasteiger charge is -2.30. The van der Waals surface area contributed by atoms with Crippen LogP contribution in [0.4, 0.5) is 11.4 Å². The molecule has 21 heavy (non-hydrogen) atoms. The number of anilines is 2. The van der Waals surface area contributed by atoms with E-state index in [1.165, 1.54) is 5.56 Å². The van der Waals surface area contributed by atoms with E-state index in [0.29, 0.717) is 13.1 Å². The van der Waals surface area contributed by atoms with E-state index < -0.39 is 0 Å². The van der Waals surface area contributed by atoms with Crippen LogP contribution in [-0.2, 0) is 11.2 Å². The summed E-state index contributed by atoms with van der Waals surface area (Å²) in [5, 5.41) is 3.36. The van der Waals surface area contributed by atoms with E-state index in [1.807, 2.05) is 36.1 Å². The van der Waals surface area contributed by atoms with Crippen LogP contribution in [0, 0.1) is 5.92 Å². The minimum Gasteiger partial charge on any atom is -0.384 e. The monoisotopic (exact) mass is 281 g/mol. The van der Waals surface area contributed by atoms with Gasteiger partial charge < -0.3 is 10.2 Å². The van der Waals surface area contributed by atoms with Crippen molar-refractivity contribution in [1.82, 2.24) is 4.98 Å². The Kier molecular flexibility index (Phi) is 3.86. The van der Waals surface area contributed by atoms with Crippen molar-refractivity contribution in [2.24, 2.45) is 5.92 Å². The molecule has 1 atom stereocenters. The highest BCUT2D eigenvalue weighted by molar-refractivity contribution is 5.95. The first-order chi connectivity index (χ1) is 10.3. The first kappa shape index (κ1) is 13.6. The second kappa shape index (κ2) is 5.95. The zero-order valence-corrected chi connectivity index (χ0v) is 12.1. The van der Waals surface area contributed by atoms with Crippen molar-refractivity contribution in [3.63, 3.8) is 0 Å². The maximum atomic E-state index is 12.8. The number of hydrogen-bond donors (Lipinski definition) is 1. The first-order valence-corrected chi connectivity index (χ1v) is 7.32. The number of carbonyl (C=O) groups is 1. The van der Waals surface area contributed by atoms with Gasteiger partial charge in [-0.25, -0.2) is 0 Å². The summed E-state index contributed by atoms with van der Waals surface area (Å²) in [7, 11) is 0. The number of pyridine rings is 1. The second-order valence-electron chi connectivity index (χ2n) is 5.23. The molecule has 1 aliphatic heterocycles. The zero-order valence-electron chi connectivity index (χ0n) is 12.1. The first-order valence-electron chi connectivity index (χ1n) is 7.32. The molecular weight excluding hydrogens is 262 g/mol. The topological polar surface area (TPSA) is 45.2 Å². The third-order valence-electron chi connectivity index (χ3n) is 3.93. The summed E-state index contributed by atoms with van der Waals surface area (Å²) in [5.41, 5.74) is 3.28. The normalized spacial score (nSPS) is 16.7. The van der Waals surface area contributed by atoms with Crippen molar-refractivity contribution in [2.75, 3.05) is 23.3 Å². The minimum absolute atomic E-state index is 0.0204. The van der Waals surface area contributed by atoms with Crippen LogP contribution in [0.25, 0.3) is 0 Å². The quantitative estimate of drug-likeness (QED) is 0.941. The SMILES string of the molecule is CCN(C(=O)C1CNc2ccccc2C1)c1ccncc1. The average Bonchev–Trinajstić information content (AvgIpc) is 2.56. The molecule has 0 spiro atoms. The number of nitrogens with one attached hydrogen (secondary N) is 1. The largest absolute Gasteiger partial charge is 0.384 e. The van der Waals surface area contributed by atoms with Gasteiger partial charge in [0.15, 0.2) is 0 Å². The van der Waals surface area contributed by atoms with Crippen LogP contribution in [0.3, 0.4) is 0 Å². The maximum Gasteiger partial charge on any atom is 0.232 e. The molecule has 1 aliphatic rings. The van der Waals surface area contributed by atoms with Gasteiger partial charge in [0, 0.05) is 36.9 Å². The Morgan fingerprint density at radius 2 is 2.05 bits per heavy atom. The van der Waals surface area contributed by atoms with Gasteiger partial charge in [-0.2, -0.15) is 0 Å². The Morgan fingerprint density at radius 3 is 2.81 bits per heavy atom. The molecular formula is C17H19N3O. The van der Waals surface area contributed by atoms with E-state index in [-0.39, 0.29) is 11.8 Å². The third kappa shape index (κ3) is 2.75. The fourth-order valence-electron chi connectivity index (χ4n) is 2.83. The number of rotatable bonds is 3. The van der Waals surface area contributed by atoms with Crippen molar-refractivity contribution in [3.05, 3.63) is 54.4 Å². The van der Waals surface area contributed by atoms with E-state index in [0.717, 1.165) is 17.8 Å². The number of carbonyl (C=O) groups excluding carboxylic acids is 1. The van der Waals surface area contributed by atoms with Crippen LogP contribution in [0.2, 0.25) is 0 Å². The minimum atomic E-state index is -0.0204. The van der Waals surface area contributed by atoms with Gasteiger partial charge in [-0.3, -0.25) is 9.78 Å². The molecule has 0 radical (unpaired) electrons. The molecule has 0 saturated heterocycles. The number of para-hydroxylation sites is 1. The molecule has 4 heteroatoms. The molecule has 2 aromatic rings. The van der Waals surface area contributed by atoms with E-state index in [2.05, 4.69) is 22.4 Å². The Bertz CT molecular complexity index is 627. The molecule has 1 N–H and O–H groups in total. The van der Waals surface area contributed by atoms with Gasteiger partial charge in [0.1, 0.15) is 0 Å². The summed E-state index contributed by atoms with van der Waals surface area (Å²) in [4.78, 5) is 18.7. The molecule has 108 valence electrons. The molecule has 4 nitrogen and oxygen atoms in total. The molecule has 0 saturated carbocycles. The number of nitrogens with zero attached hydrogens (tertiary/aromatic N) is 2. The highest BCUT2D eigenvalue weighted by atomic mass is 16.2. The molecule has 1 aromatic carbocycles. The van der Waals surface area contributed by atoms with Gasteiger partial charge in [-0.05, 0) is 37.1 Å². The van der Waals surface area contributed by atoms with Crippen LogP contribution >= 0.6 is 0 Å². The van der Waals surface area contributed by atoms with E-state index in [4.69, 9.17) is 0 Å². The predicted molar refractivity (Wildman–Crippen MR) is 84.4 cm³/mol.